The number of aliphatic hydroxyl groups excluding tert-OH is 9. The van der Waals surface area contributed by atoms with Crippen molar-refractivity contribution in [3.8, 4) is 0 Å². The molecule has 26 nitrogen and oxygen atoms in total. The van der Waals surface area contributed by atoms with Crippen LogP contribution in [-0.4, -0.2) is 227 Å². The van der Waals surface area contributed by atoms with Crippen LogP contribution in [0.2, 0.25) is 0 Å². The summed E-state index contributed by atoms with van der Waals surface area (Å²) in [5.74, 6) is -2.01. The van der Waals surface area contributed by atoms with Crippen LogP contribution in [-0.2, 0) is 70.7 Å². The maximum Gasteiger partial charge on any atom is 0.327 e. The molecule has 3 saturated heterocycles. The summed E-state index contributed by atoms with van der Waals surface area (Å²) in [6, 6.07) is 0. The molecular formula is C69H125N2O24P. The van der Waals surface area contributed by atoms with Crippen LogP contribution in [0.15, 0.2) is 24.3 Å². The van der Waals surface area contributed by atoms with Gasteiger partial charge in [0.05, 0.1) is 45.1 Å². The fourth-order valence-corrected chi connectivity index (χ4v) is 12.3. The second-order valence-corrected chi connectivity index (χ2v) is 27.9. The second-order valence-electron chi connectivity index (χ2n) is 25.8. The number of aliphatic hydroxyl groups is 9. The van der Waals surface area contributed by atoms with Gasteiger partial charge in [0.2, 0.25) is 11.8 Å². The minimum Gasteiger partial charge on any atom is -0.461 e. The van der Waals surface area contributed by atoms with E-state index >= 15 is 0 Å². The van der Waals surface area contributed by atoms with Crippen molar-refractivity contribution in [3.05, 3.63) is 24.3 Å². The Morgan fingerprint density at radius 2 is 0.990 bits per heavy atom. The Hall–Kier alpha value is -3.09. The summed E-state index contributed by atoms with van der Waals surface area (Å²) in [6.45, 7) is 6.77. The first-order valence-electron chi connectivity index (χ1n) is 36.2. The van der Waals surface area contributed by atoms with Gasteiger partial charge >= 0.3 is 19.5 Å². The molecule has 2 amide bonds. The predicted octanol–water partition coefficient (Wildman–Crippen LogP) is 6.90. The molecule has 3 aliphatic heterocycles. The van der Waals surface area contributed by atoms with E-state index in [1.54, 1.807) is 0 Å². The van der Waals surface area contributed by atoms with Gasteiger partial charge < -0.3 is 104 Å². The highest BCUT2D eigenvalue weighted by Crippen LogP contribution is 2.44. The lowest BCUT2D eigenvalue weighted by Crippen LogP contribution is -2.67. The van der Waals surface area contributed by atoms with Gasteiger partial charge in [-0.1, -0.05) is 154 Å². The molecule has 3 fully saturated rings. The molecule has 18 atom stereocenters. The monoisotopic (exact) mass is 1400 g/mol. The molecule has 3 rings (SSSR count). The average molecular weight is 1400 g/mol. The number of hydrogen-bond donors (Lipinski definition) is 11. The third-order valence-corrected chi connectivity index (χ3v) is 18.7. The van der Waals surface area contributed by atoms with Crippen LogP contribution in [0.5, 0.6) is 0 Å². The van der Waals surface area contributed by atoms with E-state index in [1.807, 2.05) is 6.08 Å². The number of unbranched alkanes of at least 4 members (excludes halogenated alkanes) is 21. The molecule has 0 aromatic rings. The van der Waals surface area contributed by atoms with E-state index in [1.165, 1.54) is 77.8 Å². The third kappa shape index (κ3) is 35.5. The van der Waals surface area contributed by atoms with Crippen LogP contribution in [0.1, 0.15) is 227 Å². The predicted molar refractivity (Wildman–Crippen MR) is 358 cm³/mol. The SMILES string of the molecule is CCCCCCCC/C=C\CCCCCCCC(=O)O[C@H](COC(=O)C(/C=C/CCCCCCCC)CCCCCC)COP(C)(=O)OCCNC(=O)CCCCC(=O)NCCCO[C@@H]1OC(CO)[C@H](O)[C@H](O[C@H]2OC(CO)[C@H](O)[C@H](O)C2O)C1O[C@@H]1OC(C)[C@@H](O)[C@H](O)C1O. The highest BCUT2D eigenvalue weighted by molar-refractivity contribution is 7.52. The van der Waals surface area contributed by atoms with Gasteiger partial charge in [-0.05, 0) is 77.6 Å². The molecule has 560 valence electrons. The number of esters is 2. The Bertz CT molecular complexity index is 2170. The molecular weight excluding hydrogens is 1270 g/mol. The first kappa shape index (κ1) is 87.1. The van der Waals surface area contributed by atoms with Gasteiger partial charge in [-0.25, -0.2) is 0 Å². The van der Waals surface area contributed by atoms with E-state index < -0.39 is 137 Å². The Balaban J connectivity index is 1.46. The summed E-state index contributed by atoms with van der Waals surface area (Å²) in [5, 5.41) is 99.8. The molecule has 0 radical (unpaired) electrons. The summed E-state index contributed by atoms with van der Waals surface area (Å²) in [7, 11) is -3.77. The van der Waals surface area contributed by atoms with E-state index in [0.717, 1.165) is 83.5 Å². The van der Waals surface area contributed by atoms with Gasteiger partial charge in [-0.3, -0.25) is 23.7 Å². The largest absolute Gasteiger partial charge is 0.461 e. The molecule has 0 spiro atoms. The smallest absolute Gasteiger partial charge is 0.327 e. The molecule has 11 N–H and O–H groups in total. The highest BCUT2D eigenvalue weighted by atomic mass is 31.2. The van der Waals surface area contributed by atoms with Crippen molar-refractivity contribution < 1.29 is 117 Å². The normalized spacial score (nSPS) is 27.5. The van der Waals surface area contributed by atoms with Crippen molar-refractivity contribution in [1.29, 1.82) is 0 Å². The molecule has 0 bridgehead atoms. The van der Waals surface area contributed by atoms with Gasteiger partial charge in [0.25, 0.3) is 0 Å². The van der Waals surface area contributed by atoms with E-state index in [0.29, 0.717) is 25.7 Å². The molecule has 0 aliphatic carbocycles. The van der Waals surface area contributed by atoms with Crippen LogP contribution in [0.3, 0.4) is 0 Å². The van der Waals surface area contributed by atoms with Crippen molar-refractivity contribution in [2.45, 2.75) is 325 Å². The summed E-state index contributed by atoms with van der Waals surface area (Å²) in [4.78, 5) is 52.4. The molecule has 96 heavy (non-hydrogen) atoms. The van der Waals surface area contributed by atoms with Gasteiger partial charge in [0, 0.05) is 39.0 Å². The number of amides is 2. The van der Waals surface area contributed by atoms with Gasteiger partial charge in [-0.15, -0.1) is 0 Å². The van der Waals surface area contributed by atoms with Crippen LogP contribution in [0.4, 0.5) is 0 Å². The lowest BCUT2D eigenvalue weighted by molar-refractivity contribution is -0.390. The minimum absolute atomic E-state index is 0.00467. The van der Waals surface area contributed by atoms with Gasteiger partial charge in [0.1, 0.15) is 73.8 Å². The topological polar surface area (TPSA) is 384 Å². The Morgan fingerprint density at radius 1 is 0.500 bits per heavy atom. The number of carbonyl (C=O) groups is 4. The highest BCUT2D eigenvalue weighted by Gasteiger charge is 2.54. The number of nitrogens with one attached hydrogen (secondary N) is 2. The van der Waals surface area contributed by atoms with Crippen molar-refractivity contribution in [3.63, 3.8) is 0 Å². The summed E-state index contributed by atoms with van der Waals surface area (Å²) >= 11 is 0. The number of allylic oxidation sites excluding steroid dienone is 3. The Kier molecular flexibility index (Phi) is 47.2. The molecule has 0 aromatic heterocycles. The minimum atomic E-state index is -3.77. The molecule has 3 aliphatic rings. The quantitative estimate of drug-likeness (QED) is 0.0128. The zero-order chi connectivity index (χ0) is 70.5. The Morgan fingerprint density at radius 3 is 1.58 bits per heavy atom. The summed E-state index contributed by atoms with van der Waals surface area (Å²) < 4.78 is 71.2. The first-order valence-corrected chi connectivity index (χ1v) is 38.2. The average Bonchev–Trinajstić information content (AvgIpc) is 0.779. The van der Waals surface area contributed by atoms with Crippen molar-refractivity contribution in [1.82, 2.24) is 10.6 Å². The summed E-state index contributed by atoms with van der Waals surface area (Å²) in [6.07, 6.45) is 11.2. The standard InChI is InChI=1S/C69H125N2O24P/c1-6-9-12-15-17-19-20-21-22-23-24-25-27-29-32-40-56(76)91-51(47-87-66(84)50(36-30-14-11-8-3)37-31-28-26-18-16-13-10-7-2)48-89-96(5,85)88-44-42-71-55(75)39-34-33-38-54(74)70-41-35-43-86-69-65(95-67-62(82)60(80)57(77)49(4)90-67)64(59(79)53(46-73)93-69)94-68-63(83)61(81)58(78)52(45-72)92-68/h21-22,31,37,49-53,57-65,67-69,72-73,77-83H,6-20,23-30,32-36,38-48H2,1-5H3,(H,70,74)(H,71,75)/b22-21-,37-31+/t49?,50?,51-,52?,53?,57-,58+,59+,60+,61+,62?,63?,64+,65?,67+,68-,69-,96?/m1/s1. The molecule has 3 heterocycles. The van der Waals surface area contributed by atoms with Gasteiger partial charge in [0.15, 0.2) is 25.0 Å². The van der Waals surface area contributed by atoms with Crippen LogP contribution < -0.4 is 10.6 Å². The third-order valence-electron chi connectivity index (χ3n) is 17.4. The zero-order valence-corrected chi connectivity index (χ0v) is 59.2. The fraction of sp³-hybridized carbons (Fsp3) is 0.884. The molecule has 8 unspecified atom stereocenters. The number of rotatable bonds is 55. The maximum atomic E-state index is 13.6. The van der Waals surface area contributed by atoms with E-state index in [-0.39, 0.29) is 77.0 Å². The summed E-state index contributed by atoms with van der Waals surface area (Å²) in [5.41, 5.74) is 0. The second kappa shape index (κ2) is 52.0. The van der Waals surface area contributed by atoms with Crippen molar-refractivity contribution >= 4 is 31.3 Å². The molecule has 0 aromatic carbocycles. The van der Waals surface area contributed by atoms with Crippen LogP contribution >= 0.6 is 7.60 Å². The van der Waals surface area contributed by atoms with Gasteiger partial charge in [-0.2, -0.15) is 0 Å². The van der Waals surface area contributed by atoms with E-state index in [9.17, 15) is 69.7 Å². The number of ether oxygens (including phenoxy) is 8. The molecule has 0 saturated carbocycles. The van der Waals surface area contributed by atoms with Crippen LogP contribution in [0.25, 0.3) is 0 Å². The van der Waals surface area contributed by atoms with E-state index in [4.69, 9.17) is 46.9 Å². The van der Waals surface area contributed by atoms with E-state index in [2.05, 4.69) is 49.6 Å². The zero-order valence-electron chi connectivity index (χ0n) is 58.3. The molecule has 27 heteroatoms. The van der Waals surface area contributed by atoms with Crippen molar-refractivity contribution in [2.24, 2.45) is 5.92 Å². The fourth-order valence-electron chi connectivity index (χ4n) is 11.4. The number of hydrogen-bond acceptors (Lipinski definition) is 24. The lowest BCUT2D eigenvalue weighted by atomic mass is 9.96. The first-order chi connectivity index (χ1) is 46.2. The van der Waals surface area contributed by atoms with Crippen LogP contribution in [0, 0.1) is 5.92 Å². The van der Waals surface area contributed by atoms with Crippen molar-refractivity contribution in [2.75, 3.05) is 59.4 Å². The Labute approximate surface area is 571 Å². The lowest BCUT2D eigenvalue weighted by Gasteiger charge is -2.48. The number of carbonyl (C=O) groups excluding carboxylic acids is 4. The maximum absolute atomic E-state index is 13.6.